The van der Waals surface area contributed by atoms with Crippen molar-refractivity contribution in [3.8, 4) is 11.5 Å². The van der Waals surface area contributed by atoms with Crippen LogP contribution in [0.15, 0.2) is 60.0 Å². The Morgan fingerprint density at radius 2 is 1.87 bits per heavy atom. The van der Waals surface area contributed by atoms with Crippen molar-refractivity contribution < 1.29 is 14.3 Å². The molecule has 1 aromatic heterocycles. The summed E-state index contributed by atoms with van der Waals surface area (Å²) in [6.45, 7) is 0.711. The quantitative estimate of drug-likeness (QED) is 0.439. The minimum Gasteiger partial charge on any atom is -0.493 e. The van der Waals surface area contributed by atoms with Crippen molar-refractivity contribution in [1.29, 1.82) is 0 Å². The van der Waals surface area contributed by atoms with Crippen LogP contribution < -0.4 is 9.47 Å². The van der Waals surface area contributed by atoms with Gasteiger partial charge in [0.2, 0.25) is 5.91 Å². The second-order valence-corrected chi connectivity index (χ2v) is 9.53. The largest absolute Gasteiger partial charge is 0.493 e. The number of aryl methyl sites for hydroxylation is 1. The van der Waals surface area contributed by atoms with E-state index in [4.69, 9.17) is 9.47 Å². The Morgan fingerprint density at radius 3 is 2.58 bits per heavy atom. The molecule has 0 spiro atoms. The van der Waals surface area contributed by atoms with Gasteiger partial charge in [0.1, 0.15) is 0 Å². The summed E-state index contributed by atoms with van der Waals surface area (Å²) >= 11 is 3.40. The molecule has 1 amide bonds. The van der Waals surface area contributed by atoms with Gasteiger partial charge in [0, 0.05) is 11.4 Å². The number of nitrogens with zero attached hydrogens (tertiary/aromatic N) is 1. The molecule has 6 heteroatoms. The third kappa shape index (κ3) is 4.91. The van der Waals surface area contributed by atoms with Crippen LogP contribution in [-0.4, -0.2) is 43.1 Å². The second kappa shape index (κ2) is 10.2. The highest BCUT2D eigenvalue weighted by Crippen LogP contribution is 2.42. The topological polar surface area (TPSA) is 38.8 Å². The number of carbonyl (C=O) groups is 1. The van der Waals surface area contributed by atoms with Crippen LogP contribution >= 0.6 is 23.1 Å². The lowest BCUT2D eigenvalue weighted by Crippen LogP contribution is -2.41. The molecule has 2 heterocycles. The van der Waals surface area contributed by atoms with Gasteiger partial charge in [-0.3, -0.25) is 4.79 Å². The molecule has 2 aromatic carbocycles. The summed E-state index contributed by atoms with van der Waals surface area (Å²) < 4.78 is 11.1. The van der Waals surface area contributed by atoms with E-state index in [0.717, 1.165) is 29.9 Å². The number of hydrogen-bond acceptors (Lipinski definition) is 5. The lowest BCUT2D eigenvalue weighted by atomic mass is 9.91. The number of fused-ring (bicyclic) bond motifs is 1. The summed E-state index contributed by atoms with van der Waals surface area (Å²) in [7, 11) is 3.31. The molecule has 162 valence electrons. The number of benzene rings is 2. The molecule has 4 nitrogen and oxygen atoms in total. The number of thioether (sulfide) groups is 1. The van der Waals surface area contributed by atoms with Crippen molar-refractivity contribution in [1.82, 2.24) is 4.90 Å². The van der Waals surface area contributed by atoms with Gasteiger partial charge in [-0.1, -0.05) is 36.4 Å². The van der Waals surface area contributed by atoms with Gasteiger partial charge in [-0.05, 0) is 58.9 Å². The Balaban J connectivity index is 1.51. The maximum absolute atomic E-state index is 13.3. The monoisotopic (exact) mass is 453 g/mol. The molecule has 0 bridgehead atoms. The minimum absolute atomic E-state index is 0.0780. The lowest BCUT2D eigenvalue weighted by molar-refractivity contribution is -0.130. The zero-order valence-electron chi connectivity index (χ0n) is 17.9. The van der Waals surface area contributed by atoms with Gasteiger partial charge in [-0.15, -0.1) is 11.3 Å². The SMILES string of the molecule is COc1cc2c(cc1OC)C(c1cccs1)N(C(=O)CSCCc1ccccc1)CC2. The van der Waals surface area contributed by atoms with Crippen LogP contribution in [0.3, 0.4) is 0 Å². The molecule has 1 aliphatic rings. The molecule has 1 atom stereocenters. The van der Waals surface area contributed by atoms with E-state index in [0.29, 0.717) is 18.0 Å². The van der Waals surface area contributed by atoms with E-state index in [1.807, 2.05) is 23.1 Å². The Kier molecular flexibility index (Phi) is 7.20. The fourth-order valence-electron chi connectivity index (χ4n) is 4.05. The highest BCUT2D eigenvalue weighted by molar-refractivity contribution is 7.99. The predicted octanol–water partition coefficient (Wildman–Crippen LogP) is 5.22. The highest BCUT2D eigenvalue weighted by atomic mass is 32.2. The van der Waals surface area contributed by atoms with E-state index in [2.05, 4.69) is 41.8 Å². The molecule has 4 rings (SSSR count). The molecule has 0 saturated heterocycles. The van der Waals surface area contributed by atoms with Crippen LogP contribution in [0.1, 0.15) is 27.6 Å². The lowest BCUT2D eigenvalue weighted by Gasteiger charge is -2.37. The van der Waals surface area contributed by atoms with Gasteiger partial charge in [0.15, 0.2) is 11.5 Å². The Hall–Kier alpha value is -2.44. The zero-order chi connectivity index (χ0) is 21.6. The molecule has 1 aliphatic heterocycles. The number of ether oxygens (including phenoxy) is 2. The molecule has 0 N–H and O–H groups in total. The Morgan fingerprint density at radius 1 is 1.10 bits per heavy atom. The zero-order valence-corrected chi connectivity index (χ0v) is 19.5. The van der Waals surface area contributed by atoms with E-state index in [9.17, 15) is 4.79 Å². The van der Waals surface area contributed by atoms with Gasteiger partial charge in [0.05, 0.1) is 26.0 Å². The normalized spacial score (nSPS) is 15.4. The predicted molar refractivity (Wildman–Crippen MR) is 129 cm³/mol. The average Bonchev–Trinajstić information content (AvgIpc) is 3.35. The second-order valence-electron chi connectivity index (χ2n) is 7.45. The van der Waals surface area contributed by atoms with Crippen molar-refractivity contribution in [3.05, 3.63) is 81.5 Å². The van der Waals surface area contributed by atoms with Gasteiger partial charge >= 0.3 is 0 Å². The number of carbonyl (C=O) groups excluding carboxylic acids is 1. The van der Waals surface area contributed by atoms with Crippen LogP contribution in [0.4, 0.5) is 0 Å². The van der Waals surface area contributed by atoms with Crippen LogP contribution in [0, 0.1) is 0 Å². The van der Waals surface area contributed by atoms with Crippen molar-refractivity contribution in [3.63, 3.8) is 0 Å². The van der Waals surface area contributed by atoms with E-state index >= 15 is 0 Å². The first-order valence-corrected chi connectivity index (χ1v) is 12.4. The fraction of sp³-hybridized carbons (Fsp3) is 0.320. The molecule has 31 heavy (non-hydrogen) atoms. The van der Waals surface area contributed by atoms with Crippen LogP contribution in [-0.2, 0) is 17.6 Å². The van der Waals surface area contributed by atoms with Crippen molar-refractivity contribution in [2.45, 2.75) is 18.9 Å². The summed E-state index contributed by atoms with van der Waals surface area (Å²) in [5, 5.41) is 2.07. The van der Waals surface area contributed by atoms with Crippen molar-refractivity contribution in [2.75, 3.05) is 32.3 Å². The summed E-state index contributed by atoms with van der Waals surface area (Å²) in [4.78, 5) is 16.5. The third-order valence-corrected chi connectivity index (χ3v) is 7.48. The van der Waals surface area contributed by atoms with E-state index < -0.39 is 0 Å². The minimum atomic E-state index is -0.0780. The molecule has 0 radical (unpaired) electrons. The molecule has 0 aliphatic carbocycles. The molecule has 0 fully saturated rings. The Bertz CT molecular complexity index is 1010. The van der Waals surface area contributed by atoms with Crippen LogP contribution in [0.25, 0.3) is 0 Å². The smallest absolute Gasteiger partial charge is 0.233 e. The average molecular weight is 454 g/mol. The fourth-order valence-corrected chi connectivity index (χ4v) is 5.76. The Labute approximate surface area is 192 Å². The number of methoxy groups -OCH3 is 2. The first kappa shape index (κ1) is 21.8. The summed E-state index contributed by atoms with van der Waals surface area (Å²) in [6, 6.07) is 18.6. The molecule has 0 saturated carbocycles. The summed E-state index contributed by atoms with van der Waals surface area (Å²) in [5.74, 6) is 3.07. The summed E-state index contributed by atoms with van der Waals surface area (Å²) in [6.07, 6.45) is 1.80. The van der Waals surface area contributed by atoms with Gasteiger partial charge < -0.3 is 14.4 Å². The molecular formula is C25H27NO3S2. The van der Waals surface area contributed by atoms with Crippen LogP contribution in [0.2, 0.25) is 0 Å². The molecular weight excluding hydrogens is 426 g/mol. The van der Waals surface area contributed by atoms with E-state index in [-0.39, 0.29) is 11.9 Å². The highest BCUT2D eigenvalue weighted by Gasteiger charge is 2.33. The maximum Gasteiger partial charge on any atom is 0.233 e. The first-order valence-electron chi connectivity index (χ1n) is 10.4. The first-order chi connectivity index (χ1) is 15.2. The molecule has 3 aromatic rings. The standard InChI is InChI=1S/C25H27NO3S2/c1-28-21-15-19-10-12-26(24(27)17-30-14-11-18-7-4-3-5-8-18)25(23-9-6-13-31-23)20(19)16-22(21)29-2/h3-9,13,15-16,25H,10-12,14,17H2,1-2H3. The number of thiophene rings is 1. The maximum atomic E-state index is 13.3. The van der Waals surface area contributed by atoms with Gasteiger partial charge in [-0.25, -0.2) is 0 Å². The van der Waals surface area contributed by atoms with Crippen molar-refractivity contribution >= 4 is 29.0 Å². The summed E-state index contributed by atoms with van der Waals surface area (Å²) in [5.41, 5.74) is 3.66. The van der Waals surface area contributed by atoms with Crippen molar-refractivity contribution in [2.24, 2.45) is 0 Å². The van der Waals surface area contributed by atoms with Gasteiger partial charge in [-0.2, -0.15) is 11.8 Å². The van der Waals surface area contributed by atoms with Crippen LogP contribution in [0.5, 0.6) is 11.5 Å². The number of rotatable bonds is 8. The van der Waals surface area contributed by atoms with Gasteiger partial charge in [0.25, 0.3) is 0 Å². The molecule has 1 unspecified atom stereocenters. The third-order valence-electron chi connectivity index (χ3n) is 5.61. The number of hydrogen-bond donors (Lipinski definition) is 0. The number of amides is 1. The van der Waals surface area contributed by atoms with E-state index in [1.54, 1.807) is 37.3 Å². The van der Waals surface area contributed by atoms with E-state index in [1.165, 1.54) is 16.0 Å².